The zero-order valence-electron chi connectivity index (χ0n) is 48.1. The van der Waals surface area contributed by atoms with Crippen molar-refractivity contribution in [2.45, 2.75) is 277 Å². The van der Waals surface area contributed by atoms with Gasteiger partial charge in [-0.1, -0.05) is 245 Å². The monoisotopic (exact) mass is 1020 g/mol. The molecule has 74 heavy (non-hydrogen) atoms. The van der Waals surface area contributed by atoms with E-state index in [-0.39, 0.29) is 31.1 Å². The summed E-state index contributed by atoms with van der Waals surface area (Å²) in [6.45, 7) is 6.37. The molecule has 0 aliphatic rings. The number of carbonyl (C=O) groups is 3. The molecule has 0 spiro atoms. The maximum Gasteiger partial charge on any atom is 0.306 e. The number of allylic oxidation sites excluding steroid dienone is 20. The van der Waals surface area contributed by atoms with Crippen LogP contribution >= 0.6 is 0 Å². The Kier molecular flexibility index (Phi) is 57.9. The van der Waals surface area contributed by atoms with E-state index in [1.807, 2.05) is 0 Å². The standard InChI is InChI=1S/C68H112O6/c1-4-7-10-13-16-19-22-25-27-29-31-33-34-36-37-39-41-43-46-49-52-55-58-61-67(70)73-64-65(63-72-66(69)60-57-54-51-48-45-24-21-18-15-12-9-6-3)74-68(71)62-59-56-53-50-47-44-42-40-38-35-32-30-28-26-23-20-17-14-11-8-5-2/h7-8,10-11,16-21,25-28,31-33,35,40,42,65H,4-6,9,12-15,22-24,29-30,34,36-39,41,43-64H2,1-3H3/b10-7-,11-8-,19-16-,20-17-,21-18-,27-25-,28-26-,33-31-,35-32-,42-40-. The molecule has 1 unspecified atom stereocenters. The Morgan fingerprint density at radius 1 is 0.284 bits per heavy atom. The highest BCUT2D eigenvalue weighted by Crippen LogP contribution is 2.15. The molecule has 0 heterocycles. The zero-order chi connectivity index (χ0) is 53.6. The highest BCUT2D eigenvalue weighted by Gasteiger charge is 2.19. The predicted octanol–water partition coefficient (Wildman–Crippen LogP) is 20.8. The molecule has 0 aliphatic heterocycles. The van der Waals surface area contributed by atoms with Gasteiger partial charge < -0.3 is 14.2 Å². The molecular weight excluding hydrogens is 913 g/mol. The lowest BCUT2D eigenvalue weighted by Gasteiger charge is -2.18. The van der Waals surface area contributed by atoms with Crippen LogP contribution in [0.3, 0.4) is 0 Å². The Bertz CT molecular complexity index is 1550. The first-order chi connectivity index (χ1) is 36.5. The number of ether oxygens (including phenoxy) is 3. The second-order valence-electron chi connectivity index (χ2n) is 19.8. The van der Waals surface area contributed by atoms with Crippen LogP contribution in [0.25, 0.3) is 0 Å². The van der Waals surface area contributed by atoms with E-state index in [2.05, 4.69) is 142 Å². The first kappa shape index (κ1) is 69.8. The van der Waals surface area contributed by atoms with Gasteiger partial charge in [0.1, 0.15) is 13.2 Å². The topological polar surface area (TPSA) is 78.9 Å². The lowest BCUT2D eigenvalue weighted by Crippen LogP contribution is -2.30. The van der Waals surface area contributed by atoms with Gasteiger partial charge in [0.2, 0.25) is 0 Å². The van der Waals surface area contributed by atoms with Crippen molar-refractivity contribution in [3.05, 3.63) is 122 Å². The molecule has 0 aromatic heterocycles. The van der Waals surface area contributed by atoms with Crippen molar-refractivity contribution >= 4 is 17.9 Å². The SMILES string of the molecule is CC/C=C\C/C=C\C/C=C\C/C=C\C/C=C\CCCCCCCC(=O)OC(COC(=O)CCCCCCC/C=C\CCCCC)COC(=O)CCCCCCCCCCCC/C=C\C/C=C\C/C=C\C/C=C\CC. The van der Waals surface area contributed by atoms with Crippen molar-refractivity contribution in [2.24, 2.45) is 0 Å². The fourth-order valence-corrected chi connectivity index (χ4v) is 8.16. The minimum atomic E-state index is -0.798. The Balaban J connectivity index is 4.39. The molecule has 0 aliphatic carbocycles. The van der Waals surface area contributed by atoms with Crippen LogP contribution in [0.1, 0.15) is 271 Å². The molecule has 6 nitrogen and oxygen atoms in total. The van der Waals surface area contributed by atoms with Crippen LogP contribution in [0.5, 0.6) is 0 Å². The molecular formula is C68H112O6. The average molecular weight is 1030 g/mol. The predicted molar refractivity (Wildman–Crippen MR) is 320 cm³/mol. The molecule has 1 atom stereocenters. The minimum Gasteiger partial charge on any atom is -0.462 e. The van der Waals surface area contributed by atoms with Gasteiger partial charge in [0, 0.05) is 19.3 Å². The number of rotatable bonds is 54. The second-order valence-corrected chi connectivity index (χ2v) is 19.8. The maximum absolute atomic E-state index is 12.9. The third-order valence-corrected chi connectivity index (χ3v) is 12.7. The van der Waals surface area contributed by atoms with Crippen LogP contribution in [0.15, 0.2) is 122 Å². The van der Waals surface area contributed by atoms with Crippen LogP contribution in [0.4, 0.5) is 0 Å². The summed E-state index contributed by atoms with van der Waals surface area (Å²) >= 11 is 0. The zero-order valence-corrected chi connectivity index (χ0v) is 48.1. The van der Waals surface area contributed by atoms with E-state index in [0.29, 0.717) is 19.3 Å². The summed E-state index contributed by atoms with van der Waals surface area (Å²) in [5.41, 5.74) is 0. The van der Waals surface area contributed by atoms with Crippen LogP contribution in [-0.4, -0.2) is 37.2 Å². The Morgan fingerprint density at radius 3 is 0.838 bits per heavy atom. The lowest BCUT2D eigenvalue weighted by atomic mass is 10.1. The Labute approximate surface area is 456 Å². The molecule has 0 amide bonds. The lowest BCUT2D eigenvalue weighted by molar-refractivity contribution is -0.167. The summed E-state index contributed by atoms with van der Waals surface area (Å²) in [6.07, 6.45) is 84.8. The molecule has 0 saturated carbocycles. The van der Waals surface area contributed by atoms with Gasteiger partial charge in [0.15, 0.2) is 6.10 Å². The highest BCUT2D eigenvalue weighted by molar-refractivity contribution is 5.71. The fraction of sp³-hybridized carbons (Fsp3) is 0.662. The highest BCUT2D eigenvalue weighted by atomic mass is 16.6. The van der Waals surface area contributed by atoms with Crippen molar-refractivity contribution in [1.29, 1.82) is 0 Å². The number of hydrogen-bond acceptors (Lipinski definition) is 6. The summed E-state index contributed by atoms with van der Waals surface area (Å²) in [5.74, 6) is -0.924. The van der Waals surface area contributed by atoms with Gasteiger partial charge >= 0.3 is 17.9 Å². The van der Waals surface area contributed by atoms with E-state index in [1.54, 1.807) is 0 Å². The molecule has 0 bridgehead atoms. The molecule has 0 saturated heterocycles. The Morgan fingerprint density at radius 2 is 0.527 bits per heavy atom. The molecule has 0 N–H and O–H groups in total. The van der Waals surface area contributed by atoms with Crippen LogP contribution < -0.4 is 0 Å². The number of hydrogen-bond donors (Lipinski definition) is 0. The minimum absolute atomic E-state index is 0.0931. The van der Waals surface area contributed by atoms with E-state index >= 15 is 0 Å². The third-order valence-electron chi connectivity index (χ3n) is 12.7. The van der Waals surface area contributed by atoms with E-state index in [9.17, 15) is 14.4 Å². The first-order valence-electron chi connectivity index (χ1n) is 30.5. The third kappa shape index (κ3) is 58.7. The van der Waals surface area contributed by atoms with Gasteiger partial charge in [-0.25, -0.2) is 0 Å². The molecule has 0 rings (SSSR count). The van der Waals surface area contributed by atoms with Gasteiger partial charge in [-0.3, -0.25) is 14.4 Å². The normalized spacial score (nSPS) is 13.0. The first-order valence-corrected chi connectivity index (χ1v) is 30.5. The van der Waals surface area contributed by atoms with Gasteiger partial charge in [-0.05, 0) is 128 Å². The van der Waals surface area contributed by atoms with Crippen LogP contribution in [-0.2, 0) is 28.6 Å². The molecule has 0 radical (unpaired) electrons. The Hall–Kier alpha value is -4.19. The molecule has 420 valence electrons. The van der Waals surface area contributed by atoms with Crippen LogP contribution in [0, 0.1) is 0 Å². The number of esters is 3. The van der Waals surface area contributed by atoms with Crippen LogP contribution in [0.2, 0.25) is 0 Å². The van der Waals surface area contributed by atoms with Gasteiger partial charge in [-0.15, -0.1) is 0 Å². The van der Waals surface area contributed by atoms with Crippen molar-refractivity contribution in [3.8, 4) is 0 Å². The number of carbonyl (C=O) groups excluding carboxylic acids is 3. The maximum atomic E-state index is 12.9. The van der Waals surface area contributed by atoms with Crippen molar-refractivity contribution < 1.29 is 28.6 Å². The molecule has 0 aromatic carbocycles. The average Bonchev–Trinajstić information content (AvgIpc) is 3.40. The van der Waals surface area contributed by atoms with E-state index in [0.717, 1.165) is 148 Å². The van der Waals surface area contributed by atoms with Crippen molar-refractivity contribution in [1.82, 2.24) is 0 Å². The quantitative estimate of drug-likeness (QED) is 0.0261. The van der Waals surface area contributed by atoms with Crippen molar-refractivity contribution in [2.75, 3.05) is 13.2 Å². The number of unbranched alkanes of at least 4 members (excludes halogenated alkanes) is 23. The fourth-order valence-electron chi connectivity index (χ4n) is 8.16. The van der Waals surface area contributed by atoms with Gasteiger partial charge in [0.05, 0.1) is 0 Å². The second kappa shape index (κ2) is 61.4. The van der Waals surface area contributed by atoms with Gasteiger partial charge in [-0.2, -0.15) is 0 Å². The molecule has 6 heteroatoms. The smallest absolute Gasteiger partial charge is 0.306 e. The molecule has 0 aromatic rings. The molecule has 0 fully saturated rings. The van der Waals surface area contributed by atoms with E-state index in [4.69, 9.17) is 14.2 Å². The summed E-state index contributed by atoms with van der Waals surface area (Å²) in [6, 6.07) is 0. The van der Waals surface area contributed by atoms with E-state index in [1.165, 1.54) is 83.5 Å². The largest absolute Gasteiger partial charge is 0.462 e. The van der Waals surface area contributed by atoms with E-state index < -0.39 is 6.10 Å². The van der Waals surface area contributed by atoms with Crippen molar-refractivity contribution in [3.63, 3.8) is 0 Å². The van der Waals surface area contributed by atoms with Gasteiger partial charge in [0.25, 0.3) is 0 Å². The summed E-state index contributed by atoms with van der Waals surface area (Å²) in [4.78, 5) is 38.2. The summed E-state index contributed by atoms with van der Waals surface area (Å²) < 4.78 is 16.9. The summed E-state index contributed by atoms with van der Waals surface area (Å²) in [5, 5.41) is 0. The summed E-state index contributed by atoms with van der Waals surface area (Å²) in [7, 11) is 0.